The zero-order chi connectivity index (χ0) is 18.9. The summed E-state index contributed by atoms with van der Waals surface area (Å²) in [5.41, 5.74) is 2.19. The van der Waals surface area contributed by atoms with Crippen molar-refractivity contribution in [1.82, 2.24) is 5.32 Å². The van der Waals surface area contributed by atoms with E-state index < -0.39 is 0 Å². The molecule has 0 unspecified atom stereocenters. The average molecular weight is 413 g/mol. The molecule has 7 heteroatoms. The number of para-hydroxylation sites is 1. The number of carbonyl (C=O) groups excluding carboxylic acids is 1. The van der Waals surface area contributed by atoms with Gasteiger partial charge in [0.1, 0.15) is 0 Å². The van der Waals surface area contributed by atoms with Gasteiger partial charge < -0.3 is 20.1 Å². The molecule has 2 rings (SSSR count). The minimum atomic E-state index is -0.254. The summed E-state index contributed by atoms with van der Waals surface area (Å²) in [5.74, 6) is 0.647. The van der Waals surface area contributed by atoms with Crippen molar-refractivity contribution in [2.45, 2.75) is 26.8 Å². The van der Waals surface area contributed by atoms with Gasteiger partial charge in [-0.05, 0) is 36.7 Å². The molecule has 0 fully saturated rings. The van der Waals surface area contributed by atoms with Gasteiger partial charge in [-0.25, -0.2) is 0 Å². The van der Waals surface area contributed by atoms with Gasteiger partial charge in [-0.15, -0.1) is 12.4 Å². The van der Waals surface area contributed by atoms with Gasteiger partial charge in [0.25, 0.3) is 5.91 Å². The Kier molecular flexibility index (Phi) is 10.0. The smallest absolute Gasteiger partial charge is 0.255 e. The van der Waals surface area contributed by atoms with E-state index in [0.717, 1.165) is 24.2 Å². The van der Waals surface area contributed by atoms with Gasteiger partial charge in [-0.3, -0.25) is 4.79 Å². The summed E-state index contributed by atoms with van der Waals surface area (Å²) in [5, 5.41) is 6.56. The molecule has 5 nitrogen and oxygen atoms in total. The van der Waals surface area contributed by atoms with Crippen LogP contribution in [0.5, 0.6) is 11.5 Å². The molecule has 0 aliphatic rings. The lowest BCUT2D eigenvalue weighted by Crippen LogP contribution is -2.17. The van der Waals surface area contributed by atoms with E-state index in [4.69, 9.17) is 21.1 Å². The lowest BCUT2D eigenvalue weighted by atomic mass is 10.1. The van der Waals surface area contributed by atoms with E-state index in [2.05, 4.69) is 10.6 Å². The number of benzene rings is 2. The van der Waals surface area contributed by atoms with Crippen molar-refractivity contribution >= 4 is 35.6 Å². The first-order chi connectivity index (χ1) is 12.6. The molecule has 2 N–H and O–H groups in total. The maximum absolute atomic E-state index is 12.7. The van der Waals surface area contributed by atoms with Crippen molar-refractivity contribution in [3.05, 3.63) is 52.5 Å². The Labute approximate surface area is 171 Å². The number of halogens is 2. The molecule has 0 saturated carbocycles. The molecule has 0 radical (unpaired) electrons. The van der Waals surface area contributed by atoms with E-state index in [1.807, 2.05) is 38.1 Å². The molecule has 0 saturated heterocycles. The molecule has 0 aliphatic heterocycles. The van der Waals surface area contributed by atoms with Gasteiger partial charge in [-0.1, -0.05) is 43.6 Å². The van der Waals surface area contributed by atoms with Crippen molar-refractivity contribution < 1.29 is 14.3 Å². The molecule has 0 heterocycles. The van der Waals surface area contributed by atoms with Gasteiger partial charge in [0.15, 0.2) is 11.5 Å². The van der Waals surface area contributed by atoms with Crippen molar-refractivity contribution in [2.75, 3.05) is 25.6 Å². The van der Waals surface area contributed by atoms with Crippen LogP contribution in [0.2, 0.25) is 5.02 Å². The first-order valence-electron chi connectivity index (χ1n) is 8.71. The summed E-state index contributed by atoms with van der Waals surface area (Å²) in [6.45, 7) is 6.11. The maximum Gasteiger partial charge on any atom is 0.255 e. The Morgan fingerprint density at radius 3 is 2.59 bits per heavy atom. The minimum Gasteiger partial charge on any atom is -0.493 e. The fourth-order valence-electron chi connectivity index (χ4n) is 2.45. The highest BCUT2D eigenvalue weighted by Crippen LogP contribution is 2.36. The fraction of sp³-hybridized carbons (Fsp3) is 0.350. The quantitative estimate of drug-likeness (QED) is 0.613. The lowest BCUT2D eigenvalue weighted by Gasteiger charge is -2.15. The van der Waals surface area contributed by atoms with Crippen LogP contribution < -0.4 is 20.1 Å². The lowest BCUT2D eigenvalue weighted by molar-refractivity contribution is 0.102. The van der Waals surface area contributed by atoms with Gasteiger partial charge in [0.05, 0.1) is 18.7 Å². The van der Waals surface area contributed by atoms with Crippen LogP contribution in [0, 0.1) is 0 Å². The second-order valence-corrected chi connectivity index (χ2v) is 6.14. The topological polar surface area (TPSA) is 59.6 Å². The van der Waals surface area contributed by atoms with E-state index in [0.29, 0.717) is 35.2 Å². The van der Waals surface area contributed by atoms with Gasteiger partial charge in [0.2, 0.25) is 0 Å². The highest BCUT2D eigenvalue weighted by atomic mass is 35.5. The van der Waals surface area contributed by atoms with Crippen molar-refractivity contribution in [1.29, 1.82) is 0 Å². The predicted octanol–water partition coefficient (Wildman–Crippen LogP) is 4.92. The summed E-state index contributed by atoms with van der Waals surface area (Å²) >= 11 is 6.30. The third-order valence-electron chi connectivity index (χ3n) is 3.77. The second-order valence-electron chi connectivity index (χ2n) is 5.73. The zero-order valence-corrected chi connectivity index (χ0v) is 17.4. The minimum absolute atomic E-state index is 0. The van der Waals surface area contributed by atoms with E-state index in [1.165, 1.54) is 7.11 Å². The molecule has 1 amide bonds. The van der Waals surface area contributed by atoms with Crippen LogP contribution in [0.15, 0.2) is 36.4 Å². The van der Waals surface area contributed by atoms with Crippen LogP contribution in [0.4, 0.5) is 5.69 Å². The van der Waals surface area contributed by atoms with Crippen molar-refractivity contribution in [2.24, 2.45) is 0 Å². The predicted molar refractivity (Wildman–Crippen MR) is 113 cm³/mol. The molecule has 0 aliphatic carbocycles. The molecule has 27 heavy (non-hydrogen) atoms. The first-order valence-corrected chi connectivity index (χ1v) is 9.08. The number of rotatable bonds is 9. The van der Waals surface area contributed by atoms with Crippen LogP contribution >= 0.6 is 24.0 Å². The van der Waals surface area contributed by atoms with Crippen molar-refractivity contribution in [3.63, 3.8) is 0 Å². The van der Waals surface area contributed by atoms with Gasteiger partial charge in [-0.2, -0.15) is 0 Å². The number of nitrogens with one attached hydrogen (secondary N) is 2. The molecule has 0 atom stereocenters. The number of hydrogen-bond donors (Lipinski definition) is 2. The number of anilines is 1. The Morgan fingerprint density at radius 2 is 1.93 bits per heavy atom. The van der Waals surface area contributed by atoms with Crippen LogP contribution in [0.3, 0.4) is 0 Å². The van der Waals surface area contributed by atoms with Crippen molar-refractivity contribution in [3.8, 4) is 11.5 Å². The molecular weight excluding hydrogens is 387 g/mol. The normalized spacial score (nSPS) is 10.1. The SMILES string of the molecule is CCCOc1c(Cl)cc(C(=O)Nc2ccccc2CNCC)cc1OC.Cl. The Balaban J connectivity index is 0.00000364. The summed E-state index contributed by atoms with van der Waals surface area (Å²) in [4.78, 5) is 12.7. The number of carbonyl (C=O) groups is 1. The molecule has 2 aromatic carbocycles. The molecular formula is C20H26Cl2N2O3. The number of methoxy groups -OCH3 is 1. The maximum atomic E-state index is 12.7. The summed E-state index contributed by atoms with van der Waals surface area (Å²) in [6.07, 6.45) is 0.851. The first kappa shape index (κ1) is 23.1. The molecule has 0 spiro atoms. The van der Waals surface area contributed by atoms with E-state index in [-0.39, 0.29) is 18.3 Å². The monoisotopic (exact) mass is 412 g/mol. The highest BCUT2D eigenvalue weighted by Gasteiger charge is 2.16. The van der Waals surface area contributed by atoms with E-state index in [9.17, 15) is 4.79 Å². The summed E-state index contributed by atoms with van der Waals surface area (Å²) < 4.78 is 11.0. The molecule has 148 valence electrons. The van der Waals surface area contributed by atoms with E-state index in [1.54, 1.807) is 12.1 Å². The third-order valence-corrected chi connectivity index (χ3v) is 4.05. The second kappa shape index (κ2) is 11.7. The van der Waals surface area contributed by atoms with Crippen LogP contribution in [-0.4, -0.2) is 26.2 Å². The Bertz CT molecular complexity index is 754. The van der Waals surface area contributed by atoms with Gasteiger partial charge in [0, 0.05) is 17.8 Å². The Morgan fingerprint density at radius 1 is 1.19 bits per heavy atom. The summed E-state index contributed by atoms with van der Waals surface area (Å²) in [6, 6.07) is 10.9. The van der Waals surface area contributed by atoms with E-state index >= 15 is 0 Å². The zero-order valence-electron chi connectivity index (χ0n) is 15.8. The average Bonchev–Trinajstić information content (AvgIpc) is 2.65. The summed E-state index contributed by atoms with van der Waals surface area (Å²) in [7, 11) is 1.53. The number of amides is 1. The van der Waals surface area contributed by atoms with Crippen LogP contribution in [-0.2, 0) is 6.54 Å². The van der Waals surface area contributed by atoms with Gasteiger partial charge >= 0.3 is 0 Å². The van der Waals surface area contributed by atoms with Crippen LogP contribution in [0.1, 0.15) is 36.2 Å². The third kappa shape index (κ3) is 6.31. The highest BCUT2D eigenvalue weighted by molar-refractivity contribution is 6.32. The fourth-order valence-corrected chi connectivity index (χ4v) is 2.71. The standard InChI is InChI=1S/C20H25ClN2O3.ClH/c1-4-10-26-19-16(21)11-15(12-18(19)25-3)20(24)23-17-9-7-6-8-14(17)13-22-5-2;/h6-9,11-12,22H,4-5,10,13H2,1-3H3,(H,23,24);1H. The number of ether oxygens (including phenoxy) is 2. The molecule has 0 bridgehead atoms. The van der Waals surface area contributed by atoms with Crippen LogP contribution in [0.25, 0.3) is 0 Å². The molecule has 2 aromatic rings. The Hall–Kier alpha value is -1.95. The number of hydrogen-bond acceptors (Lipinski definition) is 4. The largest absolute Gasteiger partial charge is 0.493 e. The molecule has 0 aromatic heterocycles.